The van der Waals surface area contributed by atoms with Crippen molar-refractivity contribution in [3.05, 3.63) is 30.5 Å². The Hall–Kier alpha value is -1.80. The smallest absolute Gasteiger partial charge is 0.293 e. The number of rotatable bonds is 1. The van der Waals surface area contributed by atoms with Crippen molar-refractivity contribution in [1.29, 1.82) is 5.26 Å². The highest BCUT2D eigenvalue weighted by Gasteiger charge is 1.98. The molecule has 0 spiro atoms. The van der Waals surface area contributed by atoms with Gasteiger partial charge in [-0.15, -0.1) is 5.26 Å². The average molecular weight is 205 g/mol. The summed E-state index contributed by atoms with van der Waals surface area (Å²) >= 11 is 0. The lowest BCUT2D eigenvalue weighted by Gasteiger charge is -1.96. The number of aromatic nitrogens is 2. The number of ether oxygens (including phenoxy) is 1. The largest absolute Gasteiger partial charge is 0.366 e. The van der Waals surface area contributed by atoms with E-state index in [1.807, 2.05) is 24.3 Å². The summed E-state index contributed by atoms with van der Waals surface area (Å²) in [6.45, 7) is 0. The molecule has 14 heavy (non-hydrogen) atoms. The molecule has 0 N–H and O–H groups in total. The van der Waals surface area contributed by atoms with Gasteiger partial charge in [0.2, 0.25) is 0 Å². The highest BCUT2D eigenvalue weighted by atomic mass is 32.1. The van der Waals surface area contributed by atoms with E-state index >= 15 is 0 Å². The maximum absolute atomic E-state index is 8.25. The highest BCUT2D eigenvalue weighted by molar-refractivity contribution is 7.59. The van der Waals surface area contributed by atoms with E-state index in [-0.39, 0.29) is 19.4 Å². The van der Waals surface area contributed by atoms with Crippen LogP contribution in [0, 0.1) is 11.5 Å². The normalized spacial score (nSPS) is 8.79. The van der Waals surface area contributed by atoms with Crippen LogP contribution < -0.4 is 4.74 Å². The molecule has 1 aromatic carbocycles. The third kappa shape index (κ3) is 1.92. The SMILES string of the molecule is N#COc1cnc2ccccc2n1.S. The fraction of sp³-hybridized carbons (Fsp3) is 0. The van der Waals surface area contributed by atoms with Gasteiger partial charge in [0.25, 0.3) is 12.1 Å². The number of para-hydroxylation sites is 2. The van der Waals surface area contributed by atoms with E-state index in [1.165, 1.54) is 6.20 Å². The molecule has 0 saturated carbocycles. The molecule has 0 aliphatic rings. The summed E-state index contributed by atoms with van der Waals surface area (Å²) < 4.78 is 4.55. The van der Waals surface area contributed by atoms with E-state index in [1.54, 1.807) is 6.26 Å². The first-order chi connectivity index (χ1) is 6.40. The predicted molar refractivity (Wildman–Crippen MR) is 56.2 cm³/mol. The van der Waals surface area contributed by atoms with Crippen molar-refractivity contribution >= 4 is 24.5 Å². The highest BCUT2D eigenvalue weighted by Crippen LogP contribution is 2.12. The number of nitrogens with zero attached hydrogens (tertiary/aromatic N) is 3. The third-order valence-electron chi connectivity index (χ3n) is 1.58. The second-order valence-electron chi connectivity index (χ2n) is 2.39. The Balaban J connectivity index is 0.000000980. The predicted octanol–water partition coefficient (Wildman–Crippen LogP) is 1.60. The van der Waals surface area contributed by atoms with Gasteiger partial charge in [-0.2, -0.15) is 13.5 Å². The van der Waals surface area contributed by atoms with E-state index in [4.69, 9.17) is 5.26 Å². The van der Waals surface area contributed by atoms with Gasteiger partial charge in [-0.25, -0.2) is 9.97 Å². The Morgan fingerprint density at radius 2 is 1.93 bits per heavy atom. The zero-order chi connectivity index (χ0) is 9.10. The van der Waals surface area contributed by atoms with Crippen molar-refractivity contribution in [1.82, 2.24) is 9.97 Å². The zero-order valence-electron chi connectivity index (χ0n) is 7.14. The number of hydrogen-bond donors (Lipinski definition) is 0. The Morgan fingerprint density at radius 3 is 2.64 bits per heavy atom. The molecule has 4 nitrogen and oxygen atoms in total. The van der Waals surface area contributed by atoms with Crippen LogP contribution >= 0.6 is 13.5 Å². The second-order valence-corrected chi connectivity index (χ2v) is 2.39. The first-order valence-corrected chi connectivity index (χ1v) is 3.68. The molecule has 0 aliphatic heterocycles. The van der Waals surface area contributed by atoms with E-state index in [0.29, 0.717) is 0 Å². The second kappa shape index (κ2) is 4.44. The van der Waals surface area contributed by atoms with Crippen LogP contribution in [0.25, 0.3) is 11.0 Å². The molecule has 0 fully saturated rings. The van der Waals surface area contributed by atoms with Crippen LogP contribution in [0.15, 0.2) is 30.5 Å². The topological polar surface area (TPSA) is 58.8 Å². The maximum atomic E-state index is 8.25. The van der Waals surface area contributed by atoms with Crippen LogP contribution in [0.4, 0.5) is 0 Å². The number of benzene rings is 1. The van der Waals surface area contributed by atoms with Crippen LogP contribution in [0.3, 0.4) is 0 Å². The van der Waals surface area contributed by atoms with Gasteiger partial charge >= 0.3 is 0 Å². The Labute approximate surface area is 87.6 Å². The van der Waals surface area contributed by atoms with E-state index in [0.717, 1.165) is 11.0 Å². The molecule has 2 aromatic rings. The van der Waals surface area contributed by atoms with Gasteiger partial charge in [0.1, 0.15) is 0 Å². The zero-order valence-corrected chi connectivity index (χ0v) is 8.14. The van der Waals surface area contributed by atoms with E-state index < -0.39 is 0 Å². The summed E-state index contributed by atoms with van der Waals surface area (Å²) in [5.74, 6) is 0.223. The monoisotopic (exact) mass is 205 g/mol. The van der Waals surface area contributed by atoms with Gasteiger partial charge in [-0.1, -0.05) is 12.1 Å². The molecule has 0 radical (unpaired) electrons. The molecule has 0 saturated heterocycles. The quantitative estimate of drug-likeness (QED) is 0.663. The van der Waals surface area contributed by atoms with Gasteiger partial charge in [-0.3, -0.25) is 0 Å². The molecule has 0 bridgehead atoms. The molecule has 0 amide bonds. The average Bonchev–Trinajstić information content (AvgIpc) is 2.18. The minimum atomic E-state index is 0. The van der Waals surface area contributed by atoms with Crippen molar-refractivity contribution in [3.63, 3.8) is 0 Å². The minimum Gasteiger partial charge on any atom is -0.366 e. The summed E-state index contributed by atoms with van der Waals surface area (Å²) in [4.78, 5) is 8.12. The van der Waals surface area contributed by atoms with Crippen LogP contribution in [0.2, 0.25) is 0 Å². The number of fused-ring (bicyclic) bond motifs is 1. The molecule has 70 valence electrons. The molecule has 1 heterocycles. The van der Waals surface area contributed by atoms with Gasteiger partial charge < -0.3 is 4.74 Å². The molecule has 1 aromatic heterocycles. The Bertz CT molecular complexity index is 481. The molecule has 0 aliphatic carbocycles. The third-order valence-corrected chi connectivity index (χ3v) is 1.58. The van der Waals surface area contributed by atoms with Gasteiger partial charge in [0, 0.05) is 0 Å². The summed E-state index contributed by atoms with van der Waals surface area (Å²) in [7, 11) is 0. The molecule has 0 unspecified atom stereocenters. The first kappa shape index (κ1) is 10.3. The fourth-order valence-electron chi connectivity index (χ4n) is 1.04. The minimum absolute atomic E-state index is 0. The summed E-state index contributed by atoms with van der Waals surface area (Å²) in [6, 6.07) is 7.39. The van der Waals surface area contributed by atoms with Gasteiger partial charge in [0.15, 0.2) is 0 Å². The maximum Gasteiger partial charge on any atom is 0.293 e. The lowest BCUT2D eigenvalue weighted by Crippen LogP contribution is -1.89. The first-order valence-electron chi connectivity index (χ1n) is 3.68. The van der Waals surface area contributed by atoms with Gasteiger partial charge in [0.05, 0.1) is 17.2 Å². The standard InChI is InChI=1S/C9H5N3O.H2S/c10-6-13-9-5-11-7-3-1-2-4-8(7)12-9;/h1-5H;1H2. The molecule has 2 rings (SSSR count). The van der Waals surface area contributed by atoms with E-state index in [2.05, 4.69) is 14.7 Å². The number of nitriles is 1. The van der Waals surface area contributed by atoms with Crippen molar-refractivity contribution < 1.29 is 4.74 Å². The molecule has 5 heteroatoms. The molecular weight excluding hydrogens is 198 g/mol. The molecule has 0 atom stereocenters. The summed E-state index contributed by atoms with van der Waals surface area (Å²) in [5.41, 5.74) is 1.50. The lowest BCUT2D eigenvalue weighted by atomic mass is 10.3. The van der Waals surface area contributed by atoms with Crippen LogP contribution in [0.1, 0.15) is 0 Å². The van der Waals surface area contributed by atoms with Crippen LogP contribution in [0.5, 0.6) is 5.88 Å². The fourth-order valence-corrected chi connectivity index (χ4v) is 1.04. The van der Waals surface area contributed by atoms with Crippen molar-refractivity contribution in [3.8, 4) is 12.1 Å². The number of hydrogen-bond acceptors (Lipinski definition) is 4. The summed E-state index contributed by atoms with van der Waals surface area (Å²) in [5, 5.41) is 8.25. The lowest BCUT2D eigenvalue weighted by molar-refractivity contribution is 0.486. The van der Waals surface area contributed by atoms with Gasteiger partial charge in [-0.05, 0) is 12.1 Å². The van der Waals surface area contributed by atoms with Crippen molar-refractivity contribution in [2.24, 2.45) is 0 Å². The van der Waals surface area contributed by atoms with Crippen LogP contribution in [-0.2, 0) is 0 Å². The van der Waals surface area contributed by atoms with Crippen molar-refractivity contribution in [2.45, 2.75) is 0 Å². The molecular formula is C9H7N3OS. The van der Waals surface area contributed by atoms with Crippen LogP contribution in [-0.4, -0.2) is 9.97 Å². The Morgan fingerprint density at radius 1 is 1.21 bits per heavy atom. The van der Waals surface area contributed by atoms with Crippen molar-refractivity contribution in [2.75, 3.05) is 0 Å². The van der Waals surface area contributed by atoms with E-state index in [9.17, 15) is 0 Å². The summed E-state index contributed by atoms with van der Waals surface area (Å²) in [6.07, 6.45) is 2.97. The Kier molecular flexibility index (Phi) is 3.26.